The third-order valence-corrected chi connectivity index (χ3v) is 7.85. The van der Waals surface area contributed by atoms with Crippen molar-refractivity contribution < 1.29 is 21.6 Å². The molecule has 0 amide bonds. The number of rotatable bonds is 9. The van der Waals surface area contributed by atoms with E-state index in [1.54, 1.807) is 19.1 Å². The Morgan fingerprint density at radius 1 is 1.19 bits per heavy atom. The molecule has 7 nitrogen and oxygen atoms in total. The Bertz CT molecular complexity index is 766. The van der Waals surface area contributed by atoms with Gasteiger partial charge in [-0.15, -0.1) is 12.4 Å². The Kier molecular flexibility index (Phi) is 8.81. The third kappa shape index (κ3) is 6.09. The number of hydrogen-bond donors (Lipinski definition) is 1. The number of halogens is 1. The van der Waals surface area contributed by atoms with Gasteiger partial charge in [0.15, 0.2) is 9.84 Å². The van der Waals surface area contributed by atoms with Crippen molar-refractivity contribution in [3.05, 3.63) is 24.3 Å². The molecule has 1 aromatic carbocycles. The SMILES string of the molecule is CCS(=O)(=O)CCOc1ccc(S(=O)(=O)N2CCC(CNC)C2)cc1.Cl. The molecule has 1 heterocycles. The van der Waals surface area contributed by atoms with Crippen molar-refractivity contribution in [1.29, 1.82) is 0 Å². The van der Waals surface area contributed by atoms with Gasteiger partial charge in [-0.25, -0.2) is 16.8 Å². The average molecular weight is 427 g/mol. The summed E-state index contributed by atoms with van der Waals surface area (Å²) in [6.07, 6.45) is 0.854. The zero-order valence-electron chi connectivity index (χ0n) is 15.0. The van der Waals surface area contributed by atoms with Crippen molar-refractivity contribution in [2.24, 2.45) is 5.92 Å². The molecule has 150 valence electrons. The maximum absolute atomic E-state index is 12.7. The summed E-state index contributed by atoms with van der Waals surface area (Å²) >= 11 is 0. The Morgan fingerprint density at radius 2 is 1.85 bits per heavy atom. The Hall–Kier alpha value is -0.870. The second kappa shape index (κ2) is 9.89. The summed E-state index contributed by atoms with van der Waals surface area (Å²) in [4.78, 5) is 0.228. The number of hydrogen-bond acceptors (Lipinski definition) is 6. The lowest BCUT2D eigenvalue weighted by Gasteiger charge is -2.17. The number of ether oxygens (including phenoxy) is 1. The van der Waals surface area contributed by atoms with Gasteiger partial charge in [0.25, 0.3) is 0 Å². The molecule has 1 aromatic rings. The summed E-state index contributed by atoms with van der Waals surface area (Å²) in [6.45, 7) is 3.51. The average Bonchev–Trinajstić information content (AvgIpc) is 3.05. The highest BCUT2D eigenvalue weighted by molar-refractivity contribution is 7.91. The van der Waals surface area contributed by atoms with Gasteiger partial charge in [-0.1, -0.05) is 6.92 Å². The summed E-state index contributed by atoms with van der Waals surface area (Å²) in [5, 5.41) is 3.08. The van der Waals surface area contributed by atoms with E-state index in [0.717, 1.165) is 13.0 Å². The monoisotopic (exact) mass is 426 g/mol. The van der Waals surface area contributed by atoms with E-state index < -0.39 is 19.9 Å². The molecule has 26 heavy (non-hydrogen) atoms. The lowest BCUT2D eigenvalue weighted by atomic mass is 10.1. The van der Waals surface area contributed by atoms with Crippen LogP contribution in [0.3, 0.4) is 0 Å². The fourth-order valence-electron chi connectivity index (χ4n) is 2.76. The van der Waals surface area contributed by atoms with Gasteiger partial charge in [0.05, 0.1) is 10.6 Å². The molecule has 1 atom stereocenters. The smallest absolute Gasteiger partial charge is 0.243 e. The van der Waals surface area contributed by atoms with Crippen molar-refractivity contribution in [1.82, 2.24) is 9.62 Å². The third-order valence-electron chi connectivity index (χ3n) is 4.31. The van der Waals surface area contributed by atoms with Gasteiger partial charge in [-0.2, -0.15) is 4.31 Å². The number of sulfonamides is 1. The van der Waals surface area contributed by atoms with Gasteiger partial charge < -0.3 is 10.1 Å². The summed E-state index contributed by atoms with van der Waals surface area (Å²) in [6, 6.07) is 6.13. The van der Waals surface area contributed by atoms with E-state index in [0.29, 0.717) is 24.8 Å². The lowest BCUT2D eigenvalue weighted by Crippen LogP contribution is -2.30. The van der Waals surface area contributed by atoms with E-state index in [-0.39, 0.29) is 35.4 Å². The molecular formula is C16H27ClN2O5S2. The largest absolute Gasteiger partial charge is 0.493 e. The van der Waals surface area contributed by atoms with Gasteiger partial charge in [0.1, 0.15) is 12.4 Å². The minimum Gasteiger partial charge on any atom is -0.493 e. The van der Waals surface area contributed by atoms with E-state index in [4.69, 9.17) is 4.74 Å². The number of nitrogens with zero attached hydrogens (tertiary/aromatic N) is 1. The first-order chi connectivity index (χ1) is 11.8. The van der Waals surface area contributed by atoms with E-state index in [2.05, 4.69) is 5.32 Å². The van der Waals surface area contributed by atoms with Gasteiger partial charge in [0, 0.05) is 18.8 Å². The second-order valence-electron chi connectivity index (χ2n) is 6.13. The molecule has 1 unspecified atom stereocenters. The van der Waals surface area contributed by atoms with Crippen molar-refractivity contribution in [2.75, 3.05) is 44.8 Å². The molecule has 10 heteroatoms. The van der Waals surface area contributed by atoms with E-state index in [1.807, 2.05) is 7.05 Å². The van der Waals surface area contributed by atoms with Crippen molar-refractivity contribution >= 4 is 32.3 Å². The molecule has 1 N–H and O–H groups in total. The molecule has 1 aliphatic rings. The van der Waals surface area contributed by atoms with E-state index >= 15 is 0 Å². The molecule has 1 fully saturated rings. The summed E-state index contributed by atoms with van der Waals surface area (Å²) in [5.74, 6) is 0.824. The van der Waals surface area contributed by atoms with Gasteiger partial charge in [-0.05, 0) is 50.2 Å². The molecule has 2 rings (SSSR count). The fourth-order valence-corrected chi connectivity index (χ4v) is 4.92. The quantitative estimate of drug-likeness (QED) is 0.636. The van der Waals surface area contributed by atoms with Crippen LogP contribution in [0.4, 0.5) is 0 Å². The minimum absolute atomic E-state index is 0. The topological polar surface area (TPSA) is 92.8 Å². The molecule has 0 saturated carbocycles. The zero-order chi connectivity index (χ0) is 18.5. The molecular weight excluding hydrogens is 400 g/mol. The van der Waals surface area contributed by atoms with E-state index in [1.165, 1.54) is 16.4 Å². The minimum atomic E-state index is -3.50. The standard InChI is InChI=1S/C16H26N2O5S2.ClH/c1-3-24(19,20)11-10-23-15-4-6-16(7-5-15)25(21,22)18-9-8-14(13-18)12-17-2;/h4-7,14,17H,3,8-13H2,1-2H3;1H. The number of sulfone groups is 1. The highest BCUT2D eigenvalue weighted by Gasteiger charge is 2.32. The summed E-state index contributed by atoms with van der Waals surface area (Å²) < 4.78 is 55.1. The van der Waals surface area contributed by atoms with Crippen LogP contribution in [-0.2, 0) is 19.9 Å². The van der Waals surface area contributed by atoms with Crippen LogP contribution in [0, 0.1) is 5.92 Å². The van der Waals surface area contributed by atoms with Gasteiger partial charge >= 0.3 is 0 Å². The molecule has 1 saturated heterocycles. The molecule has 1 aliphatic heterocycles. The highest BCUT2D eigenvalue weighted by atomic mass is 35.5. The maximum atomic E-state index is 12.7. The second-order valence-corrected chi connectivity index (χ2v) is 10.5. The van der Waals surface area contributed by atoms with Crippen LogP contribution in [0.1, 0.15) is 13.3 Å². The van der Waals surface area contributed by atoms with Gasteiger partial charge in [0.2, 0.25) is 10.0 Å². The Morgan fingerprint density at radius 3 is 2.42 bits per heavy atom. The zero-order valence-corrected chi connectivity index (χ0v) is 17.5. The molecule has 0 radical (unpaired) electrons. The molecule has 0 bridgehead atoms. The van der Waals surface area contributed by atoms with E-state index in [9.17, 15) is 16.8 Å². The normalized spacial score (nSPS) is 18.5. The first-order valence-corrected chi connectivity index (χ1v) is 11.6. The number of nitrogens with one attached hydrogen (secondary N) is 1. The van der Waals surface area contributed by atoms with Crippen LogP contribution in [-0.4, -0.2) is 65.9 Å². The lowest BCUT2D eigenvalue weighted by molar-refractivity contribution is 0.340. The maximum Gasteiger partial charge on any atom is 0.243 e. The predicted octanol–water partition coefficient (Wildman–Crippen LogP) is 1.15. The van der Waals surface area contributed by atoms with Crippen LogP contribution in [0.2, 0.25) is 0 Å². The van der Waals surface area contributed by atoms with Gasteiger partial charge in [-0.3, -0.25) is 0 Å². The first-order valence-electron chi connectivity index (χ1n) is 8.36. The summed E-state index contributed by atoms with van der Waals surface area (Å²) in [5.41, 5.74) is 0. The fraction of sp³-hybridized carbons (Fsp3) is 0.625. The molecule has 0 spiro atoms. The highest BCUT2D eigenvalue weighted by Crippen LogP contribution is 2.25. The summed E-state index contributed by atoms with van der Waals surface area (Å²) in [7, 11) is -4.71. The van der Waals surface area contributed by atoms with Crippen LogP contribution >= 0.6 is 12.4 Å². The van der Waals surface area contributed by atoms with Crippen LogP contribution in [0.5, 0.6) is 5.75 Å². The predicted molar refractivity (Wildman–Crippen MR) is 104 cm³/mol. The number of benzene rings is 1. The molecule has 0 aliphatic carbocycles. The van der Waals surface area contributed by atoms with Crippen LogP contribution in [0.15, 0.2) is 29.2 Å². The Balaban J connectivity index is 0.00000338. The van der Waals surface area contributed by atoms with Crippen LogP contribution < -0.4 is 10.1 Å². The first kappa shape index (κ1) is 23.2. The van der Waals surface area contributed by atoms with Crippen molar-refractivity contribution in [2.45, 2.75) is 18.2 Å². The van der Waals surface area contributed by atoms with Crippen molar-refractivity contribution in [3.63, 3.8) is 0 Å². The molecule has 0 aromatic heterocycles. The van der Waals surface area contributed by atoms with Crippen LogP contribution in [0.25, 0.3) is 0 Å². The Labute approximate surface area is 162 Å². The van der Waals surface area contributed by atoms with Crippen molar-refractivity contribution in [3.8, 4) is 5.75 Å².